The number of phosphoric acid groups is 1. The highest BCUT2D eigenvalue weighted by Crippen LogP contribution is 2.43. The summed E-state index contributed by atoms with van der Waals surface area (Å²) >= 11 is 0. The molecule has 0 bridgehead atoms. The van der Waals surface area contributed by atoms with Crippen LogP contribution in [0.5, 0.6) is 0 Å². The Kier molecular flexibility index (Phi) is 33.8. The number of phosphoric ester groups is 1. The number of allylic oxidation sites excluding steroid dienone is 2. The maximum Gasteiger partial charge on any atom is 0.472 e. The third-order valence-electron chi connectivity index (χ3n) is 8.83. The molecule has 8 nitrogen and oxygen atoms in total. The van der Waals surface area contributed by atoms with Crippen LogP contribution in [0.4, 0.5) is 0 Å². The Morgan fingerprint density at radius 1 is 0.612 bits per heavy atom. The molecule has 9 heteroatoms. The number of nitrogens with zero attached hydrogens (tertiary/aromatic N) is 1. The van der Waals surface area contributed by atoms with E-state index in [1.807, 2.05) is 21.1 Å². The fraction of sp³-hybridized carbons (Fsp3) is 0.925. The van der Waals surface area contributed by atoms with Gasteiger partial charge in [0.15, 0.2) is 0 Å². The maximum atomic E-state index is 12.6. The average Bonchev–Trinajstić information content (AvgIpc) is 3.04. The first-order valence-electron chi connectivity index (χ1n) is 20.4. The zero-order valence-electron chi connectivity index (χ0n) is 32.9. The van der Waals surface area contributed by atoms with Crippen LogP contribution in [-0.4, -0.2) is 75.6 Å². The van der Waals surface area contributed by atoms with E-state index in [2.05, 4.69) is 26.0 Å². The fourth-order valence-corrected chi connectivity index (χ4v) is 6.35. The molecule has 0 saturated carbocycles. The van der Waals surface area contributed by atoms with Crippen molar-refractivity contribution in [1.82, 2.24) is 0 Å². The third kappa shape index (κ3) is 38.3. The van der Waals surface area contributed by atoms with E-state index in [-0.39, 0.29) is 25.8 Å². The molecule has 0 saturated heterocycles. The largest absolute Gasteiger partial charge is 0.472 e. The van der Waals surface area contributed by atoms with E-state index < -0.39 is 13.9 Å². The van der Waals surface area contributed by atoms with Crippen LogP contribution in [0.25, 0.3) is 0 Å². The van der Waals surface area contributed by atoms with Crippen molar-refractivity contribution in [3.05, 3.63) is 12.2 Å². The highest BCUT2D eigenvalue weighted by atomic mass is 31.2. The predicted molar refractivity (Wildman–Crippen MR) is 206 cm³/mol. The molecule has 0 aliphatic heterocycles. The van der Waals surface area contributed by atoms with E-state index in [9.17, 15) is 14.3 Å². The Morgan fingerprint density at radius 3 is 1.57 bits per heavy atom. The van der Waals surface area contributed by atoms with Gasteiger partial charge in [-0.2, -0.15) is 0 Å². The van der Waals surface area contributed by atoms with Crippen molar-refractivity contribution in [2.45, 2.75) is 187 Å². The Morgan fingerprint density at radius 2 is 1.06 bits per heavy atom. The number of esters is 1. The molecule has 0 spiro atoms. The number of hydrogen-bond donors (Lipinski definition) is 1. The highest BCUT2D eigenvalue weighted by Gasteiger charge is 2.26. The van der Waals surface area contributed by atoms with E-state index in [1.54, 1.807) is 0 Å². The van der Waals surface area contributed by atoms with Gasteiger partial charge in [-0.25, -0.2) is 4.57 Å². The SMILES string of the molecule is CCCCCC/C=C\CCCCCCCCOC[C@H](COP(=O)(O)OCC[N+](C)(C)C)OC(=O)CCCCCCCCCCCCCCC. The van der Waals surface area contributed by atoms with Crippen LogP contribution in [0.15, 0.2) is 12.2 Å². The number of unbranched alkanes of at least 4 members (excludes halogenated alkanes) is 22. The van der Waals surface area contributed by atoms with Gasteiger partial charge in [0.05, 0.1) is 34.4 Å². The molecule has 0 radical (unpaired) electrons. The van der Waals surface area contributed by atoms with Crippen LogP contribution in [0.2, 0.25) is 0 Å². The zero-order chi connectivity index (χ0) is 36.3. The molecule has 0 amide bonds. The monoisotopic (exact) mass is 719 g/mol. The molecule has 0 aromatic rings. The summed E-state index contributed by atoms with van der Waals surface area (Å²) < 4.78 is 34.9. The van der Waals surface area contributed by atoms with Crippen LogP contribution in [-0.2, 0) is 27.9 Å². The number of hydrogen-bond acceptors (Lipinski definition) is 6. The summed E-state index contributed by atoms with van der Waals surface area (Å²) in [7, 11) is 1.67. The first kappa shape index (κ1) is 48.2. The van der Waals surface area contributed by atoms with E-state index in [0.29, 0.717) is 24.1 Å². The smallest absolute Gasteiger partial charge is 0.457 e. The van der Waals surface area contributed by atoms with Crippen molar-refractivity contribution in [1.29, 1.82) is 0 Å². The summed E-state index contributed by atoms with van der Waals surface area (Å²) in [5.41, 5.74) is 0. The van der Waals surface area contributed by atoms with Gasteiger partial charge < -0.3 is 18.9 Å². The Bertz CT molecular complexity index is 802. The molecule has 0 fully saturated rings. The highest BCUT2D eigenvalue weighted by molar-refractivity contribution is 7.47. The summed E-state index contributed by atoms with van der Waals surface area (Å²) in [5.74, 6) is -0.315. The first-order chi connectivity index (χ1) is 23.6. The number of ether oxygens (including phenoxy) is 2. The zero-order valence-corrected chi connectivity index (χ0v) is 33.8. The lowest BCUT2D eigenvalue weighted by Gasteiger charge is -2.24. The number of quaternary nitrogens is 1. The molecule has 2 atom stereocenters. The standard InChI is InChI=1S/C40H80NO7P/c1-6-8-10-12-14-16-18-20-22-24-26-28-30-32-35-45-37-39(38-47-49(43,44)46-36-34-41(3,4)5)48-40(42)33-31-29-27-25-23-21-19-17-15-13-11-9-7-2/h16,18,39H,6-15,17,19-38H2,1-5H3/p+1/b18-16-/t39-/m1/s1. The van der Waals surface area contributed by atoms with Gasteiger partial charge in [-0.05, 0) is 38.5 Å². The second kappa shape index (κ2) is 34.3. The Balaban J connectivity index is 4.26. The minimum Gasteiger partial charge on any atom is -0.457 e. The molecular weight excluding hydrogens is 637 g/mol. The van der Waals surface area contributed by atoms with Gasteiger partial charge in [-0.1, -0.05) is 148 Å². The molecular formula is C40H81NO7P+. The first-order valence-corrected chi connectivity index (χ1v) is 21.9. The van der Waals surface area contributed by atoms with Gasteiger partial charge in [-0.15, -0.1) is 0 Å². The molecule has 1 unspecified atom stereocenters. The van der Waals surface area contributed by atoms with Gasteiger partial charge in [0.1, 0.15) is 19.3 Å². The molecule has 0 rings (SSSR count). The third-order valence-corrected chi connectivity index (χ3v) is 9.81. The molecule has 49 heavy (non-hydrogen) atoms. The lowest BCUT2D eigenvalue weighted by atomic mass is 10.0. The molecule has 292 valence electrons. The van der Waals surface area contributed by atoms with Crippen molar-refractivity contribution in [2.75, 3.05) is 54.1 Å². The number of rotatable bonds is 38. The quantitative estimate of drug-likeness (QED) is 0.0223. The summed E-state index contributed by atoms with van der Waals surface area (Å²) in [6.07, 6.45) is 35.1. The van der Waals surface area contributed by atoms with E-state index in [1.165, 1.54) is 128 Å². The van der Waals surface area contributed by atoms with Crippen LogP contribution in [0.1, 0.15) is 181 Å². The normalized spacial score (nSPS) is 14.0. The minimum atomic E-state index is -4.26. The van der Waals surface area contributed by atoms with Crippen molar-refractivity contribution < 1.29 is 37.3 Å². The summed E-state index contributed by atoms with van der Waals surface area (Å²) in [6.45, 7) is 5.61. The average molecular weight is 719 g/mol. The Labute approximate surface area is 303 Å². The van der Waals surface area contributed by atoms with Gasteiger partial charge in [0, 0.05) is 13.0 Å². The van der Waals surface area contributed by atoms with Gasteiger partial charge >= 0.3 is 13.8 Å². The predicted octanol–water partition coefficient (Wildman–Crippen LogP) is 11.5. The Hall–Kier alpha value is -0.760. The van der Waals surface area contributed by atoms with Crippen molar-refractivity contribution in [3.8, 4) is 0 Å². The van der Waals surface area contributed by atoms with Crippen LogP contribution in [0.3, 0.4) is 0 Å². The minimum absolute atomic E-state index is 0.0904. The topological polar surface area (TPSA) is 91.3 Å². The van der Waals surface area contributed by atoms with Crippen molar-refractivity contribution in [2.24, 2.45) is 0 Å². The van der Waals surface area contributed by atoms with E-state index in [4.69, 9.17) is 18.5 Å². The lowest BCUT2D eigenvalue weighted by molar-refractivity contribution is -0.870. The number of likely N-dealkylation sites (N-methyl/N-ethyl adjacent to an activating group) is 1. The molecule has 1 N–H and O–H groups in total. The van der Waals surface area contributed by atoms with Crippen LogP contribution in [0, 0.1) is 0 Å². The summed E-state index contributed by atoms with van der Waals surface area (Å²) in [4.78, 5) is 22.8. The molecule has 0 aromatic heterocycles. The van der Waals surface area contributed by atoms with Crippen molar-refractivity contribution in [3.63, 3.8) is 0 Å². The second-order valence-corrected chi connectivity index (χ2v) is 16.5. The molecule has 0 aromatic carbocycles. The van der Waals surface area contributed by atoms with Crippen LogP contribution < -0.4 is 0 Å². The van der Waals surface area contributed by atoms with Gasteiger partial charge in [-0.3, -0.25) is 13.8 Å². The summed E-state index contributed by atoms with van der Waals surface area (Å²) in [5, 5.41) is 0. The fourth-order valence-electron chi connectivity index (χ4n) is 5.61. The molecule has 0 aliphatic carbocycles. The maximum absolute atomic E-state index is 12.6. The lowest BCUT2D eigenvalue weighted by Crippen LogP contribution is -2.37. The molecule has 0 heterocycles. The number of carbonyl (C=O) groups excluding carboxylic acids is 1. The van der Waals surface area contributed by atoms with Gasteiger partial charge in [0.2, 0.25) is 0 Å². The van der Waals surface area contributed by atoms with Crippen molar-refractivity contribution >= 4 is 13.8 Å². The van der Waals surface area contributed by atoms with E-state index >= 15 is 0 Å². The molecule has 0 aliphatic rings. The van der Waals surface area contributed by atoms with Crippen LogP contribution >= 0.6 is 7.82 Å². The second-order valence-electron chi connectivity index (χ2n) is 15.0. The summed E-state index contributed by atoms with van der Waals surface area (Å²) in [6, 6.07) is 0. The van der Waals surface area contributed by atoms with Gasteiger partial charge in [0.25, 0.3) is 0 Å². The number of carbonyl (C=O) groups is 1. The van der Waals surface area contributed by atoms with E-state index in [0.717, 1.165) is 32.1 Å².